The van der Waals surface area contributed by atoms with E-state index in [1.165, 1.54) is 66.8 Å². The number of H-pyrrole nitrogens is 1. The molecule has 1 spiro atoms. The fourth-order valence-electron chi connectivity index (χ4n) is 8.46. The van der Waals surface area contributed by atoms with Crippen molar-refractivity contribution in [2.24, 2.45) is 5.41 Å². The van der Waals surface area contributed by atoms with Crippen LogP contribution in [0.5, 0.6) is 11.6 Å². The van der Waals surface area contributed by atoms with Crippen molar-refractivity contribution in [3.05, 3.63) is 111 Å². The average molecular weight is 885 g/mol. The van der Waals surface area contributed by atoms with Crippen LogP contribution in [0.15, 0.2) is 89.6 Å². The predicted octanol–water partition coefficient (Wildman–Crippen LogP) is 7.44. The molecule has 0 unspecified atom stereocenters. The Morgan fingerprint density at radius 3 is 2.55 bits per heavy atom. The second-order valence-electron chi connectivity index (χ2n) is 16.0. The Bertz CT molecular complexity index is 2570. The highest BCUT2D eigenvalue weighted by molar-refractivity contribution is 7.90. The van der Waals surface area contributed by atoms with Gasteiger partial charge in [-0.25, -0.2) is 18.1 Å². The molecule has 0 atom stereocenters. The van der Waals surface area contributed by atoms with Gasteiger partial charge < -0.3 is 29.4 Å². The van der Waals surface area contributed by atoms with Gasteiger partial charge in [0.2, 0.25) is 5.88 Å². The molecule has 326 valence electrons. The first-order chi connectivity index (χ1) is 30.0. The number of hydrogen-bond donors (Lipinski definition) is 3. The molecule has 2 fully saturated rings. The Morgan fingerprint density at radius 1 is 1.00 bits per heavy atom. The zero-order valence-corrected chi connectivity index (χ0v) is 36.0. The summed E-state index contributed by atoms with van der Waals surface area (Å²) >= 11 is 6.27. The Morgan fingerprint density at radius 2 is 1.81 bits per heavy atom. The minimum Gasteiger partial charge on any atom is -0.436 e. The smallest absolute Gasteiger partial charge is 0.293 e. The number of aromatic amines is 1. The molecule has 18 heteroatoms. The molecule has 3 N–H and O–H groups in total. The number of sulfonamides is 1. The van der Waals surface area contributed by atoms with Gasteiger partial charge in [0.1, 0.15) is 28.5 Å². The van der Waals surface area contributed by atoms with Crippen LogP contribution in [0.4, 0.5) is 17.2 Å². The highest BCUT2D eigenvalue weighted by Crippen LogP contribution is 2.55. The van der Waals surface area contributed by atoms with Crippen LogP contribution >= 0.6 is 11.6 Å². The standard InChI is InChI=1S/C44H49ClN8O8S/c1-59-23-24-60-22-17-46-38-9-7-35(26-39(38)53(55)56)62(57,58)50-42(54)36-8-10-40(49-43(36)61-34-25-31-12-16-47-41(31)48-28-34)52-20-18-51(19-21-52)29-32-11-15-44(13-2-14-44)27-37(32)30-3-5-33(45)6-4-30/h3-10,12,16,25-26,28,46H,2,11,13-15,17-24,27,29H2,1H3,(H,47,48)(H,50,54). The number of fused-ring (bicyclic) bond motifs is 1. The minimum atomic E-state index is -4.60. The van der Waals surface area contributed by atoms with Crippen LogP contribution in [-0.4, -0.2) is 105 Å². The van der Waals surface area contributed by atoms with Gasteiger partial charge in [-0.15, -0.1) is 0 Å². The number of ether oxygens (including phenoxy) is 3. The molecule has 1 amide bonds. The van der Waals surface area contributed by atoms with E-state index >= 15 is 0 Å². The molecular weight excluding hydrogens is 836 g/mol. The highest BCUT2D eigenvalue weighted by atomic mass is 35.5. The fourth-order valence-corrected chi connectivity index (χ4v) is 9.57. The molecule has 1 saturated carbocycles. The fraction of sp³-hybridized carbons (Fsp3) is 0.386. The van der Waals surface area contributed by atoms with E-state index in [0.717, 1.165) is 49.0 Å². The van der Waals surface area contributed by atoms with Crippen molar-refractivity contribution in [2.45, 2.75) is 43.4 Å². The molecule has 0 bridgehead atoms. The summed E-state index contributed by atoms with van der Waals surface area (Å²) in [5.74, 6) is -0.313. The number of hydrogen-bond acceptors (Lipinski definition) is 13. The SMILES string of the molecule is COCCOCCNc1ccc(S(=O)(=O)NC(=O)c2ccc(N3CCN(CC4=C(c5ccc(Cl)cc5)CC5(CCC5)CC4)CC3)nc2Oc2cnc3[nH]ccc3c2)cc1[N+](=O)[O-]. The van der Waals surface area contributed by atoms with Gasteiger partial charge in [0, 0.05) is 69.1 Å². The molecule has 3 aliphatic rings. The van der Waals surface area contributed by atoms with Crippen LogP contribution in [0, 0.1) is 15.5 Å². The molecular formula is C44H49ClN8O8S. The summed E-state index contributed by atoms with van der Waals surface area (Å²) in [6.07, 6.45) is 10.6. The quantitative estimate of drug-likeness (QED) is 0.0475. The number of pyridine rings is 2. The molecule has 62 heavy (non-hydrogen) atoms. The number of carbonyl (C=O) groups is 1. The maximum atomic E-state index is 13.8. The molecule has 1 saturated heterocycles. The van der Waals surface area contributed by atoms with Crippen molar-refractivity contribution in [1.29, 1.82) is 0 Å². The first-order valence-electron chi connectivity index (χ1n) is 20.7. The number of nitrogens with one attached hydrogen (secondary N) is 3. The van der Waals surface area contributed by atoms with Crippen LogP contribution in [0.2, 0.25) is 5.02 Å². The van der Waals surface area contributed by atoms with Crippen LogP contribution in [0.25, 0.3) is 16.6 Å². The number of anilines is 2. The van der Waals surface area contributed by atoms with E-state index in [0.29, 0.717) is 43.2 Å². The lowest BCUT2D eigenvalue weighted by Gasteiger charge is -2.47. The third-order valence-electron chi connectivity index (χ3n) is 12.0. The molecule has 0 radical (unpaired) electrons. The molecule has 16 nitrogen and oxygen atoms in total. The lowest BCUT2D eigenvalue weighted by Crippen LogP contribution is -2.47. The topological polar surface area (TPSA) is 194 Å². The summed E-state index contributed by atoms with van der Waals surface area (Å²) in [5, 5.41) is 16.4. The number of nitrogens with zero attached hydrogens (tertiary/aromatic N) is 5. The van der Waals surface area contributed by atoms with Crippen molar-refractivity contribution >= 4 is 61.3 Å². The number of halogens is 1. The Hall–Kier alpha value is -5.59. The lowest BCUT2D eigenvalue weighted by molar-refractivity contribution is -0.384. The van der Waals surface area contributed by atoms with E-state index < -0.39 is 31.4 Å². The Balaban J connectivity index is 0.989. The number of nitro benzene ring substituents is 1. The van der Waals surface area contributed by atoms with Crippen LogP contribution < -0.4 is 19.7 Å². The zero-order valence-electron chi connectivity index (χ0n) is 34.4. The number of carbonyl (C=O) groups excluding carboxylic acids is 1. The number of piperazine rings is 1. The minimum absolute atomic E-state index is 0.0931. The van der Waals surface area contributed by atoms with Gasteiger partial charge in [0.05, 0.1) is 35.8 Å². The van der Waals surface area contributed by atoms with E-state index in [1.807, 2.05) is 18.2 Å². The van der Waals surface area contributed by atoms with Crippen molar-refractivity contribution in [2.75, 3.05) is 76.4 Å². The zero-order chi connectivity index (χ0) is 43.3. The van der Waals surface area contributed by atoms with Crippen molar-refractivity contribution in [1.82, 2.24) is 24.6 Å². The third kappa shape index (κ3) is 9.87. The maximum absolute atomic E-state index is 13.8. The summed E-state index contributed by atoms with van der Waals surface area (Å²) in [4.78, 5) is 41.4. The van der Waals surface area contributed by atoms with E-state index in [2.05, 4.69) is 41.9 Å². The van der Waals surface area contributed by atoms with E-state index in [1.54, 1.807) is 25.4 Å². The Kier molecular flexibility index (Phi) is 13.1. The second-order valence-corrected chi connectivity index (χ2v) is 18.1. The number of benzene rings is 2. The first-order valence-corrected chi connectivity index (χ1v) is 22.6. The molecule has 2 aromatic carbocycles. The molecule has 2 aliphatic carbocycles. The van der Waals surface area contributed by atoms with Crippen molar-refractivity contribution in [3.63, 3.8) is 0 Å². The number of allylic oxidation sites excluding steroid dienone is 1. The number of rotatable bonds is 17. The summed E-state index contributed by atoms with van der Waals surface area (Å²) in [5.41, 5.74) is 4.74. The van der Waals surface area contributed by atoms with E-state index in [4.69, 9.17) is 30.8 Å². The molecule has 5 aromatic rings. The molecule has 1 aliphatic heterocycles. The monoisotopic (exact) mass is 884 g/mol. The van der Waals surface area contributed by atoms with Crippen LogP contribution in [0.3, 0.4) is 0 Å². The van der Waals surface area contributed by atoms with Gasteiger partial charge in [0.25, 0.3) is 21.6 Å². The van der Waals surface area contributed by atoms with Crippen molar-refractivity contribution in [3.8, 4) is 11.6 Å². The summed E-state index contributed by atoms with van der Waals surface area (Å²) in [6.45, 7) is 5.02. The number of aromatic nitrogens is 3. The van der Waals surface area contributed by atoms with Gasteiger partial charge in [-0.3, -0.25) is 19.8 Å². The third-order valence-corrected chi connectivity index (χ3v) is 13.6. The average Bonchev–Trinajstić information content (AvgIpc) is 3.73. The predicted molar refractivity (Wildman–Crippen MR) is 236 cm³/mol. The highest BCUT2D eigenvalue weighted by Gasteiger charge is 2.41. The number of methoxy groups -OCH3 is 1. The molecule has 3 aromatic heterocycles. The van der Waals surface area contributed by atoms with Gasteiger partial charge in [-0.1, -0.05) is 35.7 Å². The van der Waals surface area contributed by atoms with Gasteiger partial charge >= 0.3 is 0 Å². The van der Waals surface area contributed by atoms with Gasteiger partial charge in [-0.2, -0.15) is 4.98 Å². The van der Waals surface area contributed by atoms with E-state index in [-0.39, 0.29) is 36.0 Å². The Labute approximate surface area is 364 Å². The number of nitro groups is 1. The second kappa shape index (κ2) is 18.8. The van der Waals surface area contributed by atoms with Crippen LogP contribution in [-0.2, 0) is 19.5 Å². The van der Waals surface area contributed by atoms with Crippen LogP contribution in [0.1, 0.15) is 54.4 Å². The normalized spacial score (nSPS) is 16.6. The summed E-state index contributed by atoms with van der Waals surface area (Å²) < 4.78 is 45.8. The summed E-state index contributed by atoms with van der Waals surface area (Å²) in [7, 11) is -3.05. The molecule has 4 heterocycles. The first kappa shape index (κ1) is 43.1. The van der Waals surface area contributed by atoms with Gasteiger partial charge in [-0.05, 0) is 97.2 Å². The largest absolute Gasteiger partial charge is 0.436 e. The molecule has 8 rings (SSSR count). The number of amides is 1. The lowest BCUT2D eigenvalue weighted by atomic mass is 9.59. The summed E-state index contributed by atoms with van der Waals surface area (Å²) in [6, 6.07) is 18.3. The van der Waals surface area contributed by atoms with Crippen molar-refractivity contribution < 1.29 is 32.3 Å². The van der Waals surface area contributed by atoms with E-state index in [9.17, 15) is 23.3 Å². The van der Waals surface area contributed by atoms with Gasteiger partial charge in [0.15, 0.2) is 0 Å². The maximum Gasteiger partial charge on any atom is 0.293 e.